The second-order valence-electron chi connectivity index (χ2n) is 3.24. The summed E-state index contributed by atoms with van der Waals surface area (Å²) in [6.07, 6.45) is 3.43. The van der Waals surface area contributed by atoms with Crippen molar-refractivity contribution >= 4 is 17.4 Å². The van der Waals surface area contributed by atoms with E-state index in [0.717, 1.165) is 32.7 Å². The van der Waals surface area contributed by atoms with E-state index < -0.39 is 0 Å². The first-order valence-corrected chi connectivity index (χ1v) is 5.89. The topological polar surface area (TPSA) is 56.5 Å². The first kappa shape index (κ1) is 14.6. The molecule has 1 saturated heterocycles. The van der Waals surface area contributed by atoms with E-state index in [2.05, 4.69) is 24.5 Å². The van der Waals surface area contributed by atoms with Gasteiger partial charge in [-0.05, 0) is 18.6 Å². The zero-order valence-electron chi connectivity index (χ0n) is 9.46. The Morgan fingerprint density at radius 1 is 1.40 bits per heavy atom. The summed E-state index contributed by atoms with van der Waals surface area (Å²) in [6, 6.07) is 0. The van der Waals surface area contributed by atoms with Crippen LogP contribution in [0.3, 0.4) is 0 Å². The molecule has 4 nitrogen and oxygen atoms in total. The molecule has 0 aromatic heterocycles. The molecule has 0 amide bonds. The number of nitrogens with one attached hydrogen (secondary N) is 1. The number of rotatable bonds is 4. The molecule has 0 aromatic rings. The van der Waals surface area contributed by atoms with Crippen LogP contribution in [0.4, 0.5) is 0 Å². The molecule has 1 fully saturated rings. The Balaban J connectivity index is 0.000000280. The van der Waals surface area contributed by atoms with Crippen molar-refractivity contribution in [3.8, 4) is 0 Å². The predicted molar refractivity (Wildman–Crippen MR) is 66.0 cm³/mol. The Morgan fingerprint density at radius 3 is 2.40 bits per heavy atom. The van der Waals surface area contributed by atoms with Gasteiger partial charge in [0, 0.05) is 13.1 Å². The highest BCUT2D eigenvalue weighted by molar-refractivity contribution is 7.80. The standard InChI is InChI=1S/C6H13NOS.C4H9NO/c1-2-3-4-5-8-6(7)9;1-3-6-4-2-5-1/h2-5H2,1H3,(H2,7,9);5H,1-4H2. The molecular weight excluding hydrogens is 212 g/mol. The van der Waals surface area contributed by atoms with E-state index in [1.807, 2.05) is 0 Å². The van der Waals surface area contributed by atoms with Crippen LogP contribution in [0, 0.1) is 0 Å². The third kappa shape index (κ3) is 13.6. The Kier molecular flexibility index (Phi) is 11.4. The van der Waals surface area contributed by atoms with E-state index in [4.69, 9.17) is 15.2 Å². The third-order valence-corrected chi connectivity index (χ3v) is 1.96. The number of ether oxygens (including phenoxy) is 2. The summed E-state index contributed by atoms with van der Waals surface area (Å²) in [5.41, 5.74) is 5.08. The fourth-order valence-electron chi connectivity index (χ4n) is 1.04. The number of hydrogen-bond donors (Lipinski definition) is 2. The minimum atomic E-state index is 0.158. The van der Waals surface area contributed by atoms with E-state index in [-0.39, 0.29) is 5.17 Å². The van der Waals surface area contributed by atoms with E-state index in [0.29, 0.717) is 6.61 Å². The van der Waals surface area contributed by atoms with Crippen molar-refractivity contribution < 1.29 is 9.47 Å². The molecule has 0 radical (unpaired) electrons. The van der Waals surface area contributed by atoms with Crippen molar-refractivity contribution in [1.82, 2.24) is 5.32 Å². The molecule has 0 bridgehead atoms. The van der Waals surface area contributed by atoms with Crippen molar-refractivity contribution in [1.29, 1.82) is 0 Å². The van der Waals surface area contributed by atoms with Gasteiger partial charge in [-0.15, -0.1) is 0 Å². The second-order valence-corrected chi connectivity index (χ2v) is 3.64. The molecule has 1 aliphatic heterocycles. The van der Waals surface area contributed by atoms with Gasteiger partial charge in [-0.25, -0.2) is 0 Å². The number of nitrogens with two attached hydrogens (primary N) is 1. The summed E-state index contributed by atoms with van der Waals surface area (Å²) in [6.45, 7) is 6.64. The van der Waals surface area contributed by atoms with Crippen LogP contribution in [0.2, 0.25) is 0 Å². The second kappa shape index (κ2) is 11.7. The lowest BCUT2D eigenvalue weighted by Gasteiger charge is -2.10. The molecule has 90 valence electrons. The number of hydrogen-bond acceptors (Lipinski definition) is 4. The summed E-state index contributed by atoms with van der Waals surface area (Å²) >= 11 is 4.50. The summed E-state index contributed by atoms with van der Waals surface area (Å²) in [5, 5.41) is 3.32. The molecule has 0 spiro atoms. The van der Waals surface area contributed by atoms with Crippen LogP contribution in [-0.4, -0.2) is 38.1 Å². The maximum Gasteiger partial charge on any atom is 0.253 e. The maximum atomic E-state index is 5.08. The van der Waals surface area contributed by atoms with Crippen LogP contribution in [-0.2, 0) is 9.47 Å². The van der Waals surface area contributed by atoms with Gasteiger partial charge in [0.25, 0.3) is 5.17 Å². The molecular formula is C10H22N2O2S. The average Bonchev–Trinajstić information content (AvgIpc) is 2.28. The fourth-order valence-corrected chi connectivity index (χ4v) is 1.12. The Hall–Kier alpha value is -0.390. The summed E-state index contributed by atoms with van der Waals surface area (Å²) < 4.78 is 9.86. The molecule has 3 N–H and O–H groups in total. The lowest BCUT2D eigenvalue weighted by molar-refractivity contribution is 0.109. The summed E-state index contributed by atoms with van der Waals surface area (Å²) in [4.78, 5) is 0. The normalized spacial score (nSPS) is 15.0. The van der Waals surface area contributed by atoms with Crippen molar-refractivity contribution in [2.45, 2.75) is 26.2 Å². The van der Waals surface area contributed by atoms with E-state index in [9.17, 15) is 0 Å². The number of thiocarbonyl (C=S) groups is 1. The third-order valence-electron chi connectivity index (χ3n) is 1.84. The molecule has 0 unspecified atom stereocenters. The van der Waals surface area contributed by atoms with Crippen molar-refractivity contribution in [3.63, 3.8) is 0 Å². The first-order chi connectivity index (χ1) is 7.27. The molecule has 0 saturated carbocycles. The van der Waals surface area contributed by atoms with Crippen LogP contribution in [0.15, 0.2) is 0 Å². The Morgan fingerprint density at radius 2 is 2.07 bits per heavy atom. The largest absolute Gasteiger partial charge is 0.471 e. The fraction of sp³-hybridized carbons (Fsp3) is 0.900. The average molecular weight is 234 g/mol. The van der Waals surface area contributed by atoms with E-state index in [1.54, 1.807) is 0 Å². The quantitative estimate of drug-likeness (QED) is 0.562. The van der Waals surface area contributed by atoms with Crippen LogP contribution in [0.1, 0.15) is 26.2 Å². The molecule has 0 atom stereocenters. The van der Waals surface area contributed by atoms with Crippen molar-refractivity contribution in [3.05, 3.63) is 0 Å². The molecule has 5 heteroatoms. The molecule has 1 aliphatic rings. The smallest absolute Gasteiger partial charge is 0.253 e. The van der Waals surface area contributed by atoms with Gasteiger partial charge >= 0.3 is 0 Å². The maximum absolute atomic E-state index is 5.08. The highest BCUT2D eigenvalue weighted by Crippen LogP contribution is 1.93. The van der Waals surface area contributed by atoms with Gasteiger partial charge < -0.3 is 20.5 Å². The molecule has 0 aromatic carbocycles. The lowest BCUT2D eigenvalue weighted by Crippen LogP contribution is -2.30. The van der Waals surface area contributed by atoms with Crippen LogP contribution in [0.25, 0.3) is 0 Å². The van der Waals surface area contributed by atoms with E-state index in [1.165, 1.54) is 12.8 Å². The molecule has 1 heterocycles. The summed E-state index contributed by atoms with van der Waals surface area (Å²) in [7, 11) is 0. The van der Waals surface area contributed by atoms with Gasteiger partial charge in [0.15, 0.2) is 0 Å². The van der Waals surface area contributed by atoms with E-state index >= 15 is 0 Å². The van der Waals surface area contributed by atoms with Crippen LogP contribution >= 0.6 is 12.2 Å². The number of unbranched alkanes of at least 4 members (excludes halogenated alkanes) is 2. The highest BCUT2D eigenvalue weighted by Gasteiger charge is 1.93. The Bertz CT molecular complexity index is 141. The molecule has 15 heavy (non-hydrogen) atoms. The Labute approximate surface area is 97.5 Å². The van der Waals surface area contributed by atoms with Gasteiger partial charge in [0.05, 0.1) is 19.8 Å². The van der Waals surface area contributed by atoms with Gasteiger partial charge in [-0.2, -0.15) is 0 Å². The van der Waals surface area contributed by atoms with Crippen LogP contribution < -0.4 is 11.1 Å². The van der Waals surface area contributed by atoms with Crippen molar-refractivity contribution in [2.75, 3.05) is 32.9 Å². The first-order valence-electron chi connectivity index (χ1n) is 5.48. The lowest BCUT2D eigenvalue weighted by atomic mass is 10.3. The minimum Gasteiger partial charge on any atom is -0.471 e. The molecule has 1 rings (SSSR count). The minimum absolute atomic E-state index is 0.158. The zero-order chi connectivity index (χ0) is 11.4. The van der Waals surface area contributed by atoms with Crippen molar-refractivity contribution in [2.24, 2.45) is 5.73 Å². The summed E-state index contributed by atoms with van der Waals surface area (Å²) in [5.74, 6) is 0. The van der Waals surface area contributed by atoms with Crippen LogP contribution in [0.5, 0.6) is 0 Å². The van der Waals surface area contributed by atoms with Gasteiger partial charge in [-0.1, -0.05) is 19.8 Å². The number of morpholine rings is 1. The van der Waals surface area contributed by atoms with Gasteiger partial charge in [0.2, 0.25) is 0 Å². The van der Waals surface area contributed by atoms with Gasteiger partial charge in [-0.3, -0.25) is 0 Å². The predicted octanol–water partition coefficient (Wildman–Crippen LogP) is 1.04. The molecule has 0 aliphatic carbocycles. The monoisotopic (exact) mass is 234 g/mol. The zero-order valence-corrected chi connectivity index (χ0v) is 10.3. The van der Waals surface area contributed by atoms with Gasteiger partial charge in [0.1, 0.15) is 0 Å². The highest BCUT2D eigenvalue weighted by atomic mass is 32.1. The SMILES string of the molecule is C1COCCN1.CCCCCOC(N)=S.